The molecule has 0 N–H and O–H groups in total. The van der Waals surface area contributed by atoms with Gasteiger partial charge in [0.15, 0.2) is 11.4 Å². The van der Waals surface area contributed by atoms with Crippen molar-refractivity contribution >= 4 is 22.1 Å². The van der Waals surface area contributed by atoms with Crippen molar-refractivity contribution in [3.05, 3.63) is 72.1 Å². The fraction of sp³-hybridized carbons (Fsp3) is 0.286. The summed E-state index contributed by atoms with van der Waals surface area (Å²) in [5.74, 6) is 8.07. The molecule has 5 heteroatoms. The number of imidazole rings is 1. The molecule has 4 aromatic rings. The molecule has 0 atom stereocenters. The van der Waals surface area contributed by atoms with Crippen LogP contribution in [0.2, 0.25) is 0 Å². The molecule has 0 bridgehead atoms. The molecule has 0 spiro atoms. The summed E-state index contributed by atoms with van der Waals surface area (Å²) in [5.41, 5.74) is 5.54. The molecule has 1 aliphatic heterocycles. The highest BCUT2D eigenvalue weighted by Gasteiger charge is 2.22. The highest BCUT2D eigenvalue weighted by Crippen LogP contribution is 2.31. The van der Waals surface area contributed by atoms with Crippen LogP contribution in [0.3, 0.4) is 0 Å². The summed E-state index contributed by atoms with van der Waals surface area (Å²) >= 11 is 0. The van der Waals surface area contributed by atoms with Gasteiger partial charge >= 0.3 is 0 Å². The van der Waals surface area contributed by atoms with Crippen molar-refractivity contribution in [1.82, 2.24) is 14.5 Å². The van der Waals surface area contributed by atoms with Gasteiger partial charge in [-0.3, -0.25) is 0 Å². The van der Waals surface area contributed by atoms with Gasteiger partial charge in [-0.2, -0.15) is 0 Å². The van der Waals surface area contributed by atoms with E-state index in [-0.39, 0.29) is 0 Å². The number of oxazole rings is 1. The van der Waals surface area contributed by atoms with E-state index < -0.39 is 0 Å². The van der Waals surface area contributed by atoms with Crippen molar-refractivity contribution in [3.63, 3.8) is 0 Å². The maximum absolute atomic E-state index is 5.98. The van der Waals surface area contributed by atoms with Crippen molar-refractivity contribution < 1.29 is 9.15 Å². The summed E-state index contributed by atoms with van der Waals surface area (Å²) < 4.78 is 13.9. The van der Waals surface area contributed by atoms with E-state index in [2.05, 4.69) is 52.6 Å². The SMILES string of the molecule is C/C=C\C(C#Cc1nc2cc(-c3nc4ccccc4o3)ccc2n1C1CCOCC1)=C/CC. The molecule has 5 nitrogen and oxygen atoms in total. The lowest BCUT2D eigenvalue weighted by Crippen LogP contribution is -2.20. The molecule has 1 aliphatic rings. The van der Waals surface area contributed by atoms with E-state index in [0.29, 0.717) is 11.9 Å². The molecule has 166 valence electrons. The van der Waals surface area contributed by atoms with E-state index in [4.69, 9.17) is 14.1 Å². The molecular formula is C28H27N3O2. The number of nitrogens with zero attached hydrogens (tertiary/aromatic N) is 3. The van der Waals surface area contributed by atoms with Crippen molar-refractivity contribution in [2.24, 2.45) is 0 Å². The second kappa shape index (κ2) is 9.48. The molecule has 5 rings (SSSR count). The number of hydrogen-bond donors (Lipinski definition) is 0. The summed E-state index contributed by atoms with van der Waals surface area (Å²) in [4.78, 5) is 9.60. The van der Waals surface area contributed by atoms with E-state index >= 15 is 0 Å². The van der Waals surface area contributed by atoms with E-state index in [0.717, 1.165) is 71.6 Å². The summed E-state index contributed by atoms with van der Waals surface area (Å²) in [7, 11) is 0. The van der Waals surface area contributed by atoms with Crippen LogP contribution in [0.4, 0.5) is 0 Å². The molecule has 0 amide bonds. The summed E-state index contributed by atoms with van der Waals surface area (Å²) in [6, 6.07) is 14.4. The number of ether oxygens (including phenoxy) is 1. The Morgan fingerprint density at radius 2 is 1.97 bits per heavy atom. The van der Waals surface area contributed by atoms with Gasteiger partial charge in [-0.25, -0.2) is 9.97 Å². The minimum atomic E-state index is 0.323. The van der Waals surface area contributed by atoms with Gasteiger partial charge in [0.05, 0.1) is 11.0 Å². The lowest BCUT2D eigenvalue weighted by Gasteiger charge is -2.24. The van der Waals surface area contributed by atoms with E-state index in [9.17, 15) is 0 Å². The number of aromatic nitrogens is 3. The van der Waals surface area contributed by atoms with Crippen LogP contribution in [0, 0.1) is 11.8 Å². The largest absolute Gasteiger partial charge is 0.436 e. The predicted octanol–water partition coefficient (Wildman–Crippen LogP) is 6.46. The maximum Gasteiger partial charge on any atom is 0.227 e. The third kappa shape index (κ3) is 4.35. The number of para-hydroxylation sites is 2. The topological polar surface area (TPSA) is 53.1 Å². The van der Waals surface area contributed by atoms with Crippen molar-refractivity contribution in [1.29, 1.82) is 0 Å². The normalized spacial score (nSPS) is 15.4. The Kier molecular flexibility index (Phi) is 6.10. The Labute approximate surface area is 193 Å². The summed E-state index contributed by atoms with van der Waals surface area (Å²) in [6.45, 7) is 5.65. The number of rotatable bonds is 4. The maximum atomic E-state index is 5.98. The molecule has 2 aromatic carbocycles. The Bertz CT molecular complexity index is 1370. The average Bonchev–Trinajstić information content (AvgIpc) is 3.44. The van der Waals surface area contributed by atoms with E-state index in [1.54, 1.807) is 0 Å². The fourth-order valence-electron chi connectivity index (χ4n) is 4.32. The number of fused-ring (bicyclic) bond motifs is 2. The molecule has 0 radical (unpaired) electrons. The molecule has 33 heavy (non-hydrogen) atoms. The lowest BCUT2D eigenvalue weighted by atomic mass is 10.1. The van der Waals surface area contributed by atoms with Crippen LogP contribution in [-0.2, 0) is 4.74 Å². The van der Waals surface area contributed by atoms with Crippen LogP contribution in [0.15, 0.2) is 70.7 Å². The van der Waals surface area contributed by atoms with Crippen LogP contribution in [0.1, 0.15) is 45.0 Å². The van der Waals surface area contributed by atoms with Crippen LogP contribution < -0.4 is 0 Å². The van der Waals surface area contributed by atoms with Gasteiger partial charge < -0.3 is 13.7 Å². The van der Waals surface area contributed by atoms with Crippen LogP contribution >= 0.6 is 0 Å². The van der Waals surface area contributed by atoms with E-state index in [1.807, 2.05) is 43.3 Å². The molecule has 0 unspecified atom stereocenters. The quantitative estimate of drug-likeness (QED) is 0.272. The molecule has 2 aromatic heterocycles. The average molecular weight is 438 g/mol. The lowest BCUT2D eigenvalue weighted by molar-refractivity contribution is 0.0704. The highest BCUT2D eigenvalue weighted by molar-refractivity contribution is 5.83. The summed E-state index contributed by atoms with van der Waals surface area (Å²) in [6.07, 6.45) is 9.06. The zero-order chi connectivity index (χ0) is 22.6. The predicted molar refractivity (Wildman–Crippen MR) is 132 cm³/mol. The first-order chi connectivity index (χ1) is 16.3. The smallest absolute Gasteiger partial charge is 0.227 e. The van der Waals surface area contributed by atoms with Crippen molar-refractivity contribution in [2.45, 2.75) is 39.2 Å². The van der Waals surface area contributed by atoms with Crippen LogP contribution in [0.5, 0.6) is 0 Å². The summed E-state index contributed by atoms with van der Waals surface area (Å²) in [5, 5.41) is 0. The minimum Gasteiger partial charge on any atom is -0.436 e. The third-order valence-electron chi connectivity index (χ3n) is 5.88. The monoisotopic (exact) mass is 437 g/mol. The fourth-order valence-corrected chi connectivity index (χ4v) is 4.32. The van der Waals surface area contributed by atoms with Gasteiger partial charge in [0.2, 0.25) is 5.89 Å². The molecule has 1 fully saturated rings. The first kappa shape index (κ1) is 21.2. The third-order valence-corrected chi connectivity index (χ3v) is 5.88. The molecule has 0 saturated carbocycles. The molecule has 1 saturated heterocycles. The van der Waals surface area contributed by atoms with Crippen molar-refractivity contribution in [3.8, 4) is 23.3 Å². The minimum absolute atomic E-state index is 0.323. The van der Waals surface area contributed by atoms with Gasteiger partial charge in [0.25, 0.3) is 0 Å². The molecule has 3 heterocycles. The second-order valence-corrected chi connectivity index (χ2v) is 8.16. The first-order valence-electron chi connectivity index (χ1n) is 11.6. The number of allylic oxidation sites excluding steroid dienone is 4. The standard InChI is InChI=1S/C28H27N3O2/c1-3-7-20(8-4-2)11-14-27-29-24-19-21(28-30-23-9-5-6-10-26(23)33-28)12-13-25(24)31(27)22-15-17-32-18-16-22/h3,5-10,12-13,19,22H,4,15-18H2,1-2H3/b7-3-,20-8+. The van der Waals surface area contributed by atoms with Crippen molar-refractivity contribution in [2.75, 3.05) is 13.2 Å². The molecule has 0 aliphatic carbocycles. The number of hydrogen-bond acceptors (Lipinski definition) is 4. The van der Waals surface area contributed by atoms with Gasteiger partial charge in [-0.1, -0.05) is 43.2 Å². The Hall–Kier alpha value is -3.62. The van der Waals surface area contributed by atoms with Gasteiger partial charge in [-0.05, 0) is 62.4 Å². The van der Waals surface area contributed by atoms with Gasteiger partial charge in [-0.15, -0.1) is 0 Å². The second-order valence-electron chi connectivity index (χ2n) is 8.16. The zero-order valence-corrected chi connectivity index (χ0v) is 19.0. The number of benzene rings is 2. The van der Waals surface area contributed by atoms with E-state index in [1.165, 1.54) is 0 Å². The highest BCUT2D eigenvalue weighted by atomic mass is 16.5. The first-order valence-corrected chi connectivity index (χ1v) is 11.6. The van der Waals surface area contributed by atoms with Crippen LogP contribution in [-0.4, -0.2) is 27.7 Å². The van der Waals surface area contributed by atoms with Gasteiger partial charge in [0.1, 0.15) is 5.52 Å². The van der Waals surface area contributed by atoms with Crippen LogP contribution in [0.25, 0.3) is 33.6 Å². The Balaban J connectivity index is 1.61. The van der Waals surface area contributed by atoms with Gasteiger partial charge in [0, 0.05) is 30.4 Å². The Morgan fingerprint density at radius 1 is 1.12 bits per heavy atom. The molecular weight excluding hydrogens is 410 g/mol. The zero-order valence-electron chi connectivity index (χ0n) is 19.0. The Morgan fingerprint density at radius 3 is 2.76 bits per heavy atom.